The van der Waals surface area contributed by atoms with Crippen molar-refractivity contribution in [1.82, 2.24) is 5.43 Å². The van der Waals surface area contributed by atoms with Crippen LogP contribution in [0.4, 0.5) is 5.69 Å². The van der Waals surface area contributed by atoms with Gasteiger partial charge in [-0.25, -0.2) is 13.8 Å². The van der Waals surface area contributed by atoms with Gasteiger partial charge in [-0.1, -0.05) is 44.2 Å². The Morgan fingerprint density at radius 1 is 1.06 bits per heavy atom. The molecule has 0 aliphatic carbocycles. The zero-order valence-corrected chi connectivity index (χ0v) is 22.8. The molecule has 3 rings (SSSR count). The first-order valence-corrected chi connectivity index (χ1v) is 13.3. The molecule has 190 valence electrons. The van der Waals surface area contributed by atoms with Gasteiger partial charge in [0.25, 0.3) is 15.9 Å². The number of methoxy groups -OCH3 is 2. The number of carbonyl (C=O) groups is 1. The van der Waals surface area contributed by atoms with Gasteiger partial charge in [0.15, 0.2) is 11.5 Å². The van der Waals surface area contributed by atoms with Crippen LogP contribution in [-0.4, -0.2) is 41.3 Å². The van der Waals surface area contributed by atoms with Gasteiger partial charge < -0.3 is 9.47 Å². The third kappa shape index (κ3) is 6.44. The summed E-state index contributed by atoms with van der Waals surface area (Å²) in [5.41, 5.74) is 4.49. The molecule has 10 heteroatoms. The molecule has 0 atom stereocenters. The molecule has 0 heterocycles. The van der Waals surface area contributed by atoms with E-state index in [0.717, 1.165) is 9.87 Å². The number of rotatable bonds is 10. The average molecular weight is 574 g/mol. The highest BCUT2D eigenvalue weighted by atomic mass is 79.9. The lowest BCUT2D eigenvalue weighted by Gasteiger charge is -2.24. The van der Waals surface area contributed by atoms with Gasteiger partial charge in [-0.15, -0.1) is 0 Å². The molecule has 3 aromatic carbocycles. The smallest absolute Gasteiger partial charge is 0.264 e. The Hall–Kier alpha value is -3.37. The molecule has 0 aliphatic rings. The third-order valence-corrected chi connectivity index (χ3v) is 7.70. The number of anilines is 1. The van der Waals surface area contributed by atoms with E-state index in [0.29, 0.717) is 27.2 Å². The van der Waals surface area contributed by atoms with Crippen molar-refractivity contribution in [3.8, 4) is 11.5 Å². The molecule has 0 radical (unpaired) electrons. The van der Waals surface area contributed by atoms with Crippen LogP contribution in [0.1, 0.15) is 30.9 Å². The first-order chi connectivity index (χ1) is 17.2. The van der Waals surface area contributed by atoms with Crippen LogP contribution < -0.4 is 19.2 Å². The molecule has 8 nitrogen and oxygen atoms in total. The zero-order valence-electron chi connectivity index (χ0n) is 20.4. The zero-order chi connectivity index (χ0) is 26.3. The number of amides is 1. The van der Waals surface area contributed by atoms with Crippen molar-refractivity contribution < 1.29 is 22.7 Å². The quantitative estimate of drug-likeness (QED) is 0.274. The van der Waals surface area contributed by atoms with Crippen molar-refractivity contribution in [3.63, 3.8) is 0 Å². The van der Waals surface area contributed by atoms with Crippen molar-refractivity contribution in [2.75, 3.05) is 25.1 Å². The number of hydrogen-bond donors (Lipinski definition) is 1. The fraction of sp³-hybridized carbons (Fsp3) is 0.231. The van der Waals surface area contributed by atoms with Crippen LogP contribution in [0, 0.1) is 0 Å². The molecule has 3 aromatic rings. The van der Waals surface area contributed by atoms with E-state index in [1.54, 1.807) is 42.5 Å². The lowest BCUT2D eigenvalue weighted by molar-refractivity contribution is -0.119. The van der Waals surface area contributed by atoms with Crippen LogP contribution in [-0.2, 0) is 14.8 Å². The van der Waals surface area contributed by atoms with Gasteiger partial charge in [0.05, 0.1) is 35.5 Å². The maximum Gasteiger partial charge on any atom is 0.264 e. The topological polar surface area (TPSA) is 97.3 Å². The van der Waals surface area contributed by atoms with Crippen LogP contribution in [0.15, 0.2) is 81.2 Å². The minimum absolute atomic E-state index is 0.0874. The lowest BCUT2D eigenvalue weighted by Crippen LogP contribution is -2.39. The number of nitrogens with zero attached hydrogens (tertiary/aromatic N) is 2. The molecule has 0 bridgehead atoms. The molecule has 0 spiro atoms. The Bertz CT molecular complexity index is 1330. The Labute approximate surface area is 220 Å². The van der Waals surface area contributed by atoms with Crippen LogP contribution in [0.3, 0.4) is 0 Å². The summed E-state index contributed by atoms with van der Waals surface area (Å²) < 4.78 is 39.2. The first-order valence-electron chi connectivity index (χ1n) is 11.1. The number of halogens is 1. The molecule has 0 unspecified atom stereocenters. The maximum atomic E-state index is 13.4. The molecular weight excluding hydrogens is 546 g/mol. The van der Waals surface area contributed by atoms with Crippen LogP contribution >= 0.6 is 15.9 Å². The predicted molar refractivity (Wildman–Crippen MR) is 144 cm³/mol. The summed E-state index contributed by atoms with van der Waals surface area (Å²) in [5.74, 6) is 0.708. The molecule has 0 saturated carbocycles. The molecule has 36 heavy (non-hydrogen) atoms. The number of benzene rings is 3. The highest BCUT2D eigenvalue weighted by Crippen LogP contribution is 2.35. The summed E-state index contributed by atoms with van der Waals surface area (Å²) in [6.45, 7) is 3.65. The van der Waals surface area contributed by atoms with E-state index < -0.39 is 22.5 Å². The van der Waals surface area contributed by atoms with Crippen LogP contribution in [0.2, 0.25) is 0 Å². The predicted octanol–water partition coefficient (Wildman–Crippen LogP) is 4.94. The van der Waals surface area contributed by atoms with E-state index in [-0.39, 0.29) is 10.8 Å². The van der Waals surface area contributed by atoms with Crippen molar-refractivity contribution in [2.45, 2.75) is 24.7 Å². The van der Waals surface area contributed by atoms with Gasteiger partial charge in [-0.3, -0.25) is 9.10 Å². The molecule has 0 aliphatic heterocycles. The maximum absolute atomic E-state index is 13.4. The van der Waals surface area contributed by atoms with Gasteiger partial charge in [0, 0.05) is 0 Å². The fourth-order valence-corrected chi connectivity index (χ4v) is 5.48. The molecular formula is C26H28BrN3O5S. The number of nitrogens with one attached hydrogen (secondary N) is 1. The Balaban J connectivity index is 1.84. The SMILES string of the molecule is COc1cc(/C=N\NC(=O)CN(c2ccc(C(C)C)cc2)S(=O)(=O)c2ccccc2)cc(Br)c1OC. The Morgan fingerprint density at radius 3 is 2.31 bits per heavy atom. The fourth-order valence-electron chi connectivity index (χ4n) is 3.42. The number of hydrazone groups is 1. The van der Waals surface area contributed by atoms with Gasteiger partial charge in [0.1, 0.15) is 6.54 Å². The summed E-state index contributed by atoms with van der Waals surface area (Å²) in [7, 11) is -0.952. The van der Waals surface area contributed by atoms with Gasteiger partial charge >= 0.3 is 0 Å². The lowest BCUT2D eigenvalue weighted by atomic mass is 10.0. The van der Waals surface area contributed by atoms with Crippen molar-refractivity contribution in [3.05, 3.63) is 82.3 Å². The van der Waals surface area contributed by atoms with Crippen LogP contribution in [0.25, 0.3) is 0 Å². The minimum Gasteiger partial charge on any atom is -0.493 e. The molecule has 1 N–H and O–H groups in total. The number of hydrogen-bond acceptors (Lipinski definition) is 6. The minimum atomic E-state index is -4.00. The Kier molecular flexibility index (Phi) is 9.11. The van der Waals surface area contributed by atoms with E-state index in [2.05, 4.69) is 40.3 Å². The average Bonchev–Trinajstić information content (AvgIpc) is 2.87. The van der Waals surface area contributed by atoms with Crippen molar-refractivity contribution in [1.29, 1.82) is 0 Å². The van der Waals surface area contributed by atoms with E-state index in [1.165, 1.54) is 32.6 Å². The molecule has 0 fully saturated rings. The summed E-state index contributed by atoms with van der Waals surface area (Å²) in [6.07, 6.45) is 1.43. The summed E-state index contributed by atoms with van der Waals surface area (Å²) >= 11 is 3.41. The molecule has 1 amide bonds. The van der Waals surface area contributed by atoms with Gasteiger partial charge in [-0.2, -0.15) is 5.10 Å². The van der Waals surface area contributed by atoms with Crippen LogP contribution in [0.5, 0.6) is 11.5 Å². The molecule has 0 aromatic heterocycles. The highest BCUT2D eigenvalue weighted by molar-refractivity contribution is 9.10. The second kappa shape index (κ2) is 12.0. The van der Waals surface area contributed by atoms with Crippen molar-refractivity contribution >= 4 is 43.8 Å². The van der Waals surface area contributed by atoms with E-state index in [4.69, 9.17) is 9.47 Å². The monoisotopic (exact) mass is 573 g/mol. The molecule has 0 saturated heterocycles. The number of carbonyl (C=O) groups excluding carboxylic acids is 1. The van der Waals surface area contributed by atoms with Gasteiger partial charge in [-0.05, 0) is 69.4 Å². The standard InChI is InChI=1S/C26H28BrN3O5S/c1-18(2)20-10-12-21(13-11-20)30(36(32,33)22-8-6-5-7-9-22)17-25(31)29-28-16-19-14-23(27)26(35-4)24(15-19)34-3/h5-16,18H,17H2,1-4H3,(H,29,31)/b28-16-. The van der Waals surface area contributed by atoms with E-state index >= 15 is 0 Å². The van der Waals surface area contributed by atoms with E-state index in [9.17, 15) is 13.2 Å². The summed E-state index contributed by atoms with van der Waals surface area (Å²) in [6, 6.07) is 18.6. The normalized spacial score (nSPS) is 11.5. The summed E-state index contributed by atoms with van der Waals surface area (Å²) in [4.78, 5) is 12.9. The summed E-state index contributed by atoms with van der Waals surface area (Å²) in [5, 5.41) is 3.99. The second-order valence-corrected chi connectivity index (χ2v) is 10.8. The number of sulfonamides is 1. The highest BCUT2D eigenvalue weighted by Gasteiger charge is 2.27. The first kappa shape index (κ1) is 27.2. The largest absolute Gasteiger partial charge is 0.493 e. The number of ether oxygens (including phenoxy) is 2. The van der Waals surface area contributed by atoms with Crippen molar-refractivity contribution in [2.24, 2.45) is 5.10 Å². The Morgan fingerprint density at radius 2 is 1.72 bits per heavy atom. The van der Waals surface area contributed by atoms with Gasteiger partial charge in [0.2, 0.25) is 0 Å². The second-order valence-electron chi connectivity index (χ2n) is 8.10. The third-order valence-electron chi connectivity index (χ3n) is 5.32. The van der Waals surface area contributed by atoms with E-state index in [1.807, 2.05) is 12.1 Å².